The predicted octanol–water partition coefficient (Wildman–Crippen LogP) is 1.79. The second-order valence-electron chi connectivity index (χ2n) is 4.96. The molecule has 0 spiro atoms. The molecule has 1 rings (SSSR count). The number of carbonyl (C=O) groups excluding carboxylic acids is 1. The number of hydrogen-bond acceptors (Lipinski definition) is 5. The number of anilines is 1. The summed E-state index contributed by atoms with van der Waals surface area (Å²) in [6.07, 6.45) is 2.78. The van der Waals surface area contributed by atoms with Crippen molar-refractivity contribution in [3.63, 3.8) is 0 Å². The molecule has 0 aliphatic carbocycles. The number of aromatic nitrogens is 1. The highest BCUT2D eigenvalue weighted by Crippen LogP contribution is 2.11. The van der Waals surface area contributed by atoms with Gasteiger partial charge in [0.1, 0.15) is 0 Å². The molecule has 6 heteroatoms. The minimum absolute atomic E-state index is 0.116. The van der Waals surface area contributed by atoms with E-state index in [9.17, 15) is 4.79 Å². The Hall–Kier alpha value is -1.40. The number of rotatable bonds is 9. The monoisotopic (exact) mass is 283 g/mol. The van der Waals surface area contributed by atoms with E-state index in [-0.39, 0.29) is 18.6 Å². The van der Waals surface area contributed by atoms with Crippen LogP contribution in [0, 0.1) is 6.92 Å². The van der Waals surface area contributed by atoms with Crippen molar-refractivity contribution < 1.29 is 14.4 Å². The van der Waals surface area contributed by atoms with E-state index in [1.54, 1.807) is 13.0 Å². The highest BCUT2D eigenvalue weighted by atomic mass is 16.5. The molecule has 114 valence electrons. The lowest BCUT2D eigenvalue weighted by Crippen LogP contribution is -2.43. The van der Waals surface area contributed by atoms with E-state index in [1.165, 1.54) is 0 Å². The molecule has 1 unspecified atom stereocenters. The van der Waals surface area contributed by atoms with Gasteiger partial charge in [0.25, 0.3) is 0 Å². The highest BCUT2D eigenvalue weighted by Gasteiger charge is 2.21. The average molecular weight is 283 g/mol. The summed E-state index contributed by atoms with van der Waals surface area (Å²) in [6, 6.07) is 1.42. The van der Waals surface area contributed by atoms with Crippen molar-refractivity contribution in [1.29, 1.82) is 0 Å². The summed E-state index contributed by atoms with van der Waals surface area (Å²) in [7, 11) is 0. The van der Waals surface area contributed by atoms with Crippen molar-refractivity contribution >= 4 is 11.8 Å². The Morgan fingerprint density at radius 3 is 2.75 bits per heavy atom. The van der Waals surface area contributed by atoms with E-state index in [1.807, 2.05) is 6.92 Å². The van der Waals surface area contributed by atoms with E-state index in [0.29, 0.717) is 18.8 Å². The van der Waals surface area contributed by atoms with E-state index < -0.39 is 0 Å². The van der Waals surface area contributed by atoms with Gasteiger partial charge in [-0.05, 0) is 33.2 Å². The first-order valence-corrected chi connectivity index (χ1v) is 7.17. The third-order valence-electron chi connectivity index (χ3n) is 3.20. The average Bonchev–Trinajstić information content (AvgIpc) is 2.83. The first kappa shape index (κ1) is 16.7. The molecule has 0 aromatic carbocycles. The zero-order chi connectivity index (χ0) is 15.0. The molecule has 0 saturated carbocycles. The third kappa shape index (κ3) is 5.30. The SMILES string of the molecule is CCCCN(CCCO)C(C)C(=O)Nc1cc(C)no1. The second-order valence-corrected chi connectivity index (χ2v) is 4.96. The summed E-state index contributed by atoms with van der Waals surface area (Å²) in [5.74, 6) is 0.257. The maximum atomic E-state index is 12.2. The lowest BCUT2D eigenvalue weighted by Gasteiger charge is -2.27. The first-order valence-electron chi connectivity index (χ1n) is 7.17. The Morgan fingerprint density at radius 2 is 2.20 bits per heavy atom. The minimum Gasteiger partial charge on any atom is -0.396 e. The molecule has 0 aliphatic heterocycles. The van der Waals surface area contributed by atoms with Crippen LogP contribution >= 0.6 is 0 Å². The summed E-state index contributed by atoms with van der Waals surface area (Å²) < 4.78 is 4.99. The topological polar surface area (TPSA) is 78.6 Å². The molecule has 0 radical (unpaired) electrons. The number of nitrogens with one attached hydrogen (secondary N) is 1. The zero-order valence-corrected chi connectivity index (χ0v) is 12.6. The molecule has 20 heavy (non-hydrogen) atoms. The van der Waals surface area contributed by atoms with Crippen LogP contribution in [0.5, 0.6) is 0 Å². The van der Waals surface area contributed by atoms with Gasteiger partial charge in [-0.25, -0.2) is 0 Å². The maximum absolute atomic E-state index is 12.2. The maximum Gasteiger partial charge on any atom is 0.243 e. The molecule has 2 N–H and O–H groups in total. The van der Waals surface area contributed by atoms with Crippen molar-refractivity contribution in [2.24, 2.45) is 0 Å². The third-order valence-corrected chi connectivity index (χ3v) is 3.20. The molecule has 1 heterocycles. The smallest absolute Gasteiger partial charge is 0.243 e. The first-order chi connectivity index (χ1) is 9.58. The molecule has 6 nitrogen and oxygen atoms in total. The Balaban J connectivity index is 2.56. The molecular formula is C14H25N3O3. The van der Waals surface area contributed by atoms with Crippen LogP contribution in [0.3, 0.4) is 0 Å². The molecule has 1 aromatic heterocycles. The van der Waals surface area contributed by atoms with Gasteiger partial charge in [0.15, 0.2) is 0 Å². The van der Waals surface area contributed by atoms with Crippen LogP contribution in [0.1, 0.15) is 38.8 Å². The van der Waals surface area contributed by atoms with Gasteiger partial charge in [0.2, 0.25) is 11.8 Å². The van der Waals surface area contributed by atoms with Gasteiger partial charge in [0, 0.05) is 19.2 Å². The Bertz CT molecular complexity index is 398. The van der Waals surface area contributed by atoms with E-state index in [2.05, 4.69) is 22.3 Å². The summed E-state index contributed by atoms with van der Waals surface area (Å²) in [4.78, 5) is 14.3. The van der Waals surface area contributed by atoms with Crippen LogP contribution in [0.15, 0.2) is 10.6 Å². The largest absolute Gasteiger partial charge is 0.396 e. The number of carbonyl (C=O) groups is 1. The van der Waals surface area contributed by atoms with Crippen LogP contribution < -0.4 is 5.32 Å². The van der Waals surface area contributed by atoms with Crippen LogP contribution in [-0.2, 0) is 4.79 Å². The Morgan fingerprint density at radius 1 is 1.50 bits per heavy atom. The molecule has 1 atom stereocenters. The Labute approximate surface area is 120 Å². The number of aliphatic hydroxyl groups is 1. The summed E-state index contributed by atoms with van der Waals surface area (Å²) in [6.45, 7) is 7.48. The number of aryl methyl sites for hydroxylation is 1. The summed E-state index contributed by atoms with van der Waals surface area (Å²) >= 11 is 0. The van der Waals surface area contributed by atoms with Crippen LogP contribution in [0.2, 0.25) is 0 Å². The van der Waals surface area contributed by atoms with Gasteiger partial charge >= 0.3 is 0 Å². The minimum atomic E-state index is -0.265. The summed E-state index contributed by atoms with van der Waals surface area (Å²) in [5.41, 5.74) is 0.732. The second kappa shape index (κ2) is 8.71. The molecule has 0 bridgehead atoms. The number of aliphatic hydroxyl groups excluding tert-OH is 1. The quantitative estimate of drug-likeness (QED) is 0.722. The van der Waals surface area contributed by atoms with Gasteiger partial charge in [0.05, 0.1) is 11.7 Å². The molecule has 0 saturated heterocycles. The van der Waals surface area contributed by atoms with E-state index in [4.69, 9.17) is 9.63 Å². The molecular weight excluding hydrogens is 258 g/mol. The van der Waals surface area contributed by atoms with Crippen molar-refractivity contribution in [3.05, 3.63) is 11.8 Å². The molecule has 1 aromatic rings. The number of hydrogen-bond donors (Lipinski definition) is 2. The standard InChI is InChI=1S/C14H25N3O3/c1-4-5-7-17(8-6-9-18)12(3)14(19)15-13-10-11(2)16-20-13/h10,12,18H,4-9H2,1-3H3,(H,15,19). The zero-order valence-electron chi connectivity index (χ0n) is 12.6. The van der Waals surface area contributed by atoms with Crippen LogP contribution in [0.4, 0.5) is 5.88 Å². The van der Waals surface area contributed by atoms with Crippen molar-refractivity contribution in [2.75, 3.05) is 25.0 Å². The lowest BCUT2D eigenvalue weighted by molar-refractivity contribution is -0.121. The predicted molar refractivity (Wildman–Crippen MR) is 77.5 cm³/mol. The van der Waals surface area contributed by atoms with Crippen molar-refractivity contribution in [2.45, 2.75) is 46.1 Å². The molecule has 1 amide bonds. The fourth-order valence-corrected chi connectivity index (χ4v) is 1.95. The Kier molecular flexibility index (Phi) is 7.25. The van der Waals surface area contributed by atoms with Crippen molar-refractivity contribution in [3.8, 4) is 0 Å². The van der Waals surface area contributed by atoms with Gasteiger partial charge in [-0.3, -0.25) is 15.0 Å². The fraction of sp³-hybridized carbons (Fsp3) is 0.714. The van der Waals surface area contributed by atoms with Crippen LogP contribution in [-0.4, -0.2) is 46.8 Å². The molecule has 0 fully saturated rings. The van der Waals surface area contributed by atoms with E-state index in [0.717, 1.165) is 25.1 Å². The number of unbranched alkanes of at least 4 members (excludes halogenated alkanes) is 1. The normalized spacial score (nSPS) is 12.7. The number of nitrogens with zero attached hydrogens (tertiary/aromatic N) is 2. The lowest BCUT2D eigenvalue weighted by atomic mass is 10.2. The van der Waals surface area contributed by atoms with Gasteiger partial charge in [-0.1, -0.05) is 18.5 Å². The van der Waals surface area contributed by atoms with Crippen molar-refractivity contribution in [1.82, 2.24) is 10.1 Å². The van der Waals surface area contributed by atoms with Crippen LogP contribution in [0.25, 0.3) is 0 Å². The van der Waals surface area contributed by atoms with Gasteiger partial charge in [-0.15, -0.1) is 0 Å². The van der Waals surface area contributed by atoms with Gasteiger partial charge < -0.3 is 9.63 Å². The number of amides is 1. The highest BCUT2D eigenvalue weighted by molar-refractivity contribution is 5.93. The van der Waals surface area contributed by atoms with Gasteiger partial charge in [-0.2, -0.15) is 0 Å². The summed E-state index contributed by atoms with van der Waals surface area (Å²) in [5, 5.41) is 15.4. The van der Waals surface area contributed by atoms with E-state index >= 15 is 0 Å². The molecule has 0 aliphatic rings. The fourth-order valence-electron chi connectivity index (χ4n) is 1.95.